The molecule has 0 aliphatic carbocycles. The maximum atomic E-state index is 12.4. The molecule has 0 aliphatic heterocycles. The third-order valence-electron chi connectivity index (χ3n) is 3.81. The molecule has 6 heteroatoms. The summed E-state index contributed by atoms with van der Waals surface area (Å²) in [6.45, 7) is 2.76. The molecule has 0 saturated carbocycles. The average molecular weight is 351 g/mol. The Morgan fingerprint density at radius 1 is 1.12 bits per heavy atom. The van der Waals surface area contributed by atoms with Gasteiger partial charge in [-0.3, -0.25) is 4.79 Å². The Hall–Kier alpha value is -3.28. The first-order valence-corrected chi connectivity index (χ1v) is 8.34. The van der Waals surface area contributed by atoms with Crippen LogP contribution in [0.2, 0.25) is 0 Å². The number of hydrogen-bond donors (Lipinski definition) is 1. The van der Waals surface area contributed by atoms with Crippen molar-refractivity contribution in [3.8, 4) is 17.2 Å². The summed E-state index contributed by atoms with van der Waals surface area (Å²) in [5.41, 5.74) is 2.27. The maximum absolute atomic E-state index is 12.4. The number of methoxy groups -OCH3 is 1. The highest BCUT2D eigenvalue weighted by molar-refractivity contribution is 5.94. The van der Waals surface area contributed by atoms with Gasteiger partial charge in [0.1, 0.15) is 12.4 Å². The Kier molecular flexibility index (Phi) is 5.53. The first kappa shape index (κ1) is 17.5. The first-order valence-electron chi connectivity index (χ1n) is 8.34. The molecule has 0 atom stereocenters. The first-order chi connectivity index (χ1) is 12.7. The van der Waals surface area contributed by atoms with Gasteiger partial charge in [0.05, 0.1) is 25.5 Å². The lowest BCUT2D eigenvalue weighted by Gasteiger charge is -2.07. The van der Waals surface area contributed by atoms with Gasteiger partial charge in [-0.2, -0.15) is 5.10 Å². The molecule has 3 aromatic rings. The molecule has 0 aliphatic rings. The summed E-state index contributed by atoms with van der Waals surface area (Å²) in [6.07, 6.45) is 1.69. The second-order valence-corrected chi connectivity index (χ2v) is 5.74. The van der Waals surface area contributed by atoms with E-state index in [1.165, 1.54) is 12.7 Å². The Balaban J connectivity index is 1.59. The van der Waals surface area contributed by atoms with Gasteiger partial charge in [0, 0.05) is 0 Å². The number of para-hydroxylation sites is 1. The molecular weight excluding hydrogens is 330 g/mol. The topological polar surface area (TPSA) is 65.4 Å². The number of hydrogen-bond acceptors (Lipinski definition) is 4. The van der Waals surface area contributed by atoms with E-state index in [-0.39, 0.29) is 11.6 Å². The van der Waals surface area contributed by atoms with E-state index in [4.69, 9.17) is 9.47 Å². The van der Waals surface area contributed by atoms with Crippen molar-refractivity contribution < 1.29 is 14.3 Å². The van der Waals surface area contributed by atoms with Crippen LogP contribution >= 0.6 is 0 Å². The van der Waals surface area contributed by atoms with E-state index < -0.39 is 0 Å². The number of aromatic nitrogens is 2. The van der Waals surface area contributed by atoms with Crippen LogP contribution in [0.25, 0.3) is 5.69 Å². The largest absolute Gasteiger partial charge is 0.493 e. The van der Waals surface area contributed by atoms with Gasteiger partial charge in [-0.15, -0.1) is 0 Å². The molecule has 3 rings (SSSR count). The van der Waals surface area contributed by atoms with Crippen molar-refractivity contribution in [3.63, 3.8) is 0 Å². The van der Waals surface area contributed by atoms with E-state index in [1.54, 1.807) is 10.9 Å². The second kappa shape index (κ2) is 8.20. The quantitative estimate of drug-likeness (QED) is 0.665. The molecule has 0 saturated heterocycles. The van der Waals surface area contributed by atoms with Crippen LogP contribution in [-0.2, 0) is 0 Å². The zero-order valence-electron chi connectivity index (χ0n) is 14.8. The Bertz CT molecular complexity index is 858. The zero-order chi connectivity index (χ0) is 18.4. The molecule has 1 heterocycles. The minimum atomic E-state index is -0.302. The smallest absolute Gasteiger partial charge is 0.275 e. The van der Waals surface area contributed by atoms with Crippen LogP contribution in [0.1, 0.15) is 16.1 Å². The third kappa shape index (κ3) is 4.22. The summed E-state index contributed by atoms with van der Waals surface area (Å²) in [5.74, 6) is 0.894. The van der Waals surface area contributed by atoms with E-state index in [2.05, 4.69) is 10.4 Å². The summed E-state index contributed by atoms with van der Waals surface area (Å²) >= 11 is 0. The number of ether oxygens (including phenoxy) is 2. The number of amides is 1. The molecule has 0 unspecified atom stereocenters. The molecule has 6 nitrogen and oxygen atoms in total. The van der Waals surface area contributed by atoms with Crippen molar-refractivity contribution >= 4 is 5.91 Å². The van der Waals surface area contributed by atoms with Crippen molar-refractivity contribution in [1.82, 2.24) is 15.1 Å². The molecule has 0 fully saturated rings. The molecule has 134 valence electrons. The molecule has 0 bridgehead atoms. The van der Waals surface area contributed by atoms with Crippen LogP contribution in [-0.4, -0.2) is 35.9 Å². The zero-order valence-corrected chi connectivity index (χ0v) is 14.8. The normalized spacial score (nSPS) is 10.4. The van der Waals surface area contributed by atoms with E-state index in [9.17, 15) is 4.79 Å². The van der Waals surface area contributed by atoms with Gasteiger partial charge < -0.3 is 14.8 Å². The van der Waals surface area contributed by atoms with Crippen molar-refractivity contribution in [1.29, 1.82) is 0 Å². The lowest BCUT2D eigenvalue weighted by Crippen LogP contribution is -2.28. The molecule has 26 heavy (non-hydrogen) atoms. The van der Waals surface area contributed by atoms with Gasteiger partial charge in [0.15, 0.2) is 11.4 Å². The van der Waals surface area contributed by atoms with Gasteiger partial charge in [-0.1, -0.05) is 35.9 Å². The van der Waals surface area contributed by atoms with E-state index >= 15 is 0 Å². The van der Waals surface area contributed by atoms with E-state index in [0.29, 0.717) is 18.9 Å². The van der Waals surface area contributed by atoms with Crippen molar-refractivity contribution in [3.05, 3.63) is 72.1 Å². The van der Waals surface area contributed by atoms with Crippen LogP contribution in [0, 0.1) is 6.92 Å². The highest BCUT2D eigenvalue weighted by Crippen LogP contribution is 2.19. The number of rotatable bonds is 7. The average Bonchev–Trinajstić information content (AvgIpc) is 3.12. The number of carbonyl (C=O) groups is 1. The predicted molar refractivity (Wildman–Crippen MR) is 99.1 cm³/mol. The molecule has 0 radical (unpaired) electrons. The number of aryl methyl sites for hydroxylation is 1. The van der Waals surface area contributed by atoms with Crippen molar-refractivity contribution in [2.75, 3.05) is 20.3 Å². The number of carbonyl (C=O) groups excluding carboxylic acids is 1. The van der Waals surface area contributed by atoms with Gasteiger partial charge in [-0.05, 0) is 31.2 Å². The number of nitrogens with one attached hydrogen (secondary N) is 1. The minimum Gasteiger partial charge on any atom is -0.493 e. The molecule has 0 spiro atoms. The Morgan fingerprint density at radius 3 is 2.54 bits per heavy atom. The second-order valence-electron chi connectivity index (χ2n) is 5.74. The standard InChI is InChI=1S/C20H21N3O3/c1-15-8-10-17(11-9-15)26-13-12-21-20(24)19-18(25-2)14-23(22-19)16-6-4-3-5-7-16/h3-11,14H,12-13H2,1-2H3,(H,21,24). The van der Waals surface area contributed by atoms with E-state index in [0.717, 1.165) is 11.4 Å². The van der Waals surface area contributed by atoms with Gasteiger partial charge >= 0.3 is 0 Å². The fraction of sp³-hybridized carbons (Fsp3) is 0.200. The molecular formula is C20H21N3O3. The van der Waals surface area contributed by atoms with Crippen LogP contribution in [0.15, 0.2) is 60.8 Å². The van der Waals surface area contributed by atoms with Gasteiger partial charge in [-0.25, -0.2) is 4.68 Å². The fourth-order valence-electron chi connectivity index (χ4n) is 2.43. The van der Waals surface area contributed by atoms with Crippen LogP contribution < -0.4 is 14.8 Å². The van der Waals surface area contributed by atoms with Crippen molar-refractivity contribution in [2.45, 2.75) is 6.92 Å². The maximum Gasteiger partial charge on any atom is 0.275 e. The lowest BCUT2D eigenvalue weighted by molar-refractivity contribution is 0.0938. The Labute approximate surface area is 152 Å². The summed E-state index contributed by atoms with van der Waals surface area (Å²) in [6, 6.07) is 17.3. The molecule has 1 N–H and O–H groups in total. The SMILES string of the molecule is COc1cn(-c2ccccc2)nc1C(=O)NCCOc1ccc(C)cc1. The lowest BCUT2D eigenvalue weighted by atomic mass is 10.2. The highest BCUT2D eigenvalue weighted by atomic mass is 16.5. The summed E-state index contributed by atoms with van der Waals surface area (Å²) < 4.78 is 12.5. The summed E-state index contributed by atoms with van der Waals surface area (Å²) in [5, 5.41) is 7.14. The monoisotopic (exact) mass is 351 g/mol. The van der Waals surface area contributed by atoms with E-state index in [1.807, 2.05) is 61.5 Å². The third-order valence-corrected chi connectivity index (χ3v) is 3.81. The van der Waals surface area contributed by atoms with Crippen LogP contribution in [0.4, 0.5) is 0 Å². The minimum absolute atomic E-state index is 0.242. The number of nitrogens with zero attached hydrogens (tertiary/aromatic N) is 2. The van der Waals surface area contributed by atoms with Crippen LogP contribution in [0.3, 0.4) is 0 Å². The number of benzene rings is 2. The fourth-order valence-corrected chi connectivity index (χ4v) is 2.43. The molecule has 1 amide bonds. The summed E-state index contributed by atoms with van der Waals surface area (Å²) in [4.78, 5) is 12.4. The molecule has 1 aromatic heterocycles. The van der Waals surface area contributed by atoms with Crippen molar-refractivity contribution in [2.24, 2.45) is 0 Å². The van der Waals surface area contributed by atoms with Crippen LogP contribution in [0.5, 0.6) is 11.5 Å². The predicted octanol–water partition coefficient (Wildman–Crippen LogP) is 3.00. The summed E-state index contributed by atoms with van der Waals surface area (Å²) in [7, 11) is 1.52. The molecule has 2 aromatic carbocycles. The van der Waals surface area contributed by atoms with Gasteiger partial charge in [0.25, 0.3) is 5.91 Å². The van der Waals surface area contributed by atoms with Gasteiger partial charge in [0.2, 0.25) is 0 Å². The highest BCUT2D eigenvalue weighted by Gasteiger charge is 2.18. The Morgan fingerprint density at radius 2 is 1.85 bits per heavy atom.